The van der Waals surface area contributed by atoms with E-state index in [9.17, 15) is 22.8 Å². The second kappa shape index (κ2) is 14.0. The smallest absolute Gasteiger partial charge is 0.381 e. The van der Waals surface area contributed by atoms with E-state index in [2.05, 4.69) is 38.6 Å². The van der Waals surface area contributed by atoms with E-state index in [1.54, 1.807) is 0 Å². The summed E-state index contributed by atoms with van der Waals surface area (Å²) in [4.78, 5) is 34.2. The van der Waals surface area contributed by atoms with E-state index >= 15 is 0 Å². The molecule has 2 unspecified atom stereocenters. The number of piperidine rings is 1. The van der Waals surface area contributed by atoms with E-state index in [0.29, 0.717) is 30.8 Å². The van der Waals surface area contributed by atoms with Crippen LogP contribution in [-0.2, 0) is 14.3 Å². The summed E-state index contributed by atoms with van der Waals surface area (Å²) >= 11 is 0. The second-order valence-electron chi connectivity index (χ2n) is 14.7. The largest absolute Gasteiger partial charge is 0.522 e. The van der Waals surface area contributed by atoms with Gasteiger partial charge in [-0.2, -0.15) is 0 Å². The summed E-state index contributed by atoms with van der Waals surface area (Å²) in [6, 6.07) is 10.9. The highest BCUT2D eigenvalue weighted by molar-refractivity contribution is 5.79. The van der Waals surface area contributed by atoms with E-state index in [1.807, 2.05) is 30.3 Å². The van der Waals surface area contributed by atoms with Crippen LogP contribution in [-0.4, -0.2) is 95.6 Å². The van der Waals surface area contributed by atoms with E-state index in [1.165, 1.54) is 0 Å². The number of fused-ring (bicyclic) bond motifs is 2. The Labute approximate surface area is 271 Å². The van der Waals surface area contributed by atoms with Crippen molar-refractivity contribution in [1.82, 2.24) is 20.0 Å². The standard InChI is InChI=1S/C35H51F3N4O4/c1-24(2)42-33(44)40(22-25-15-18-45-19-16-25)23-34(42)20-28-10-11-29(21-34)41(28)17-14-31(26-6-4-3-5-7-26)39-32(43)27-8-12-30(13-9-27)46-35(36,37)38/h3-7,24-25,27-31H,8-23H2,1-2H3,(H,39,43)/t27-,28?,29?,30-,31-,34?/m0/s1. The van der Waals surface area contributed by atoms with Crippen LogP contribution in [0.15, 0.2) is 30.3 Å². The Morgan fingerprint density at radius 1 is 1.00 bits per heavy atom. The maximum Gasteiger partial charge on any atom is 0.522 e. The summed E-state index contributed by atoms with van der Waals surface area (Å²) in [5.41, 5.74) is 0.905. The second-order valence-corrected chi connectivity index (χ2v) is 14.7. The zero-order valence-corrected chi connectivity index (χ0v) is 27.4. The zero-order chi connectivity index (χ0) is 32.5. The van der Waals surface area contributed by atoms with Gasteiger partial charge in [0.2, 0.25) is 5.91 Å². The summed E-state index contributed by atoms with van der Waals surface area (Å²) in [5, 5.41) is 3.28. The van der Waals surface area contributed by atoms with Crippen molar-refractivity contribution >= 4 is 11.9 Å². The number of carbonyl (C=O) groups is 2. The van der Waals surface area contributed by atoms with Gasteiger partial charge in [0.1, 0.15) is 0 Å². The summed E-state index contributed by atoms with van der Waals surface area (Å²) in [6.07, 6.45) is 2.72. The van der Waals surface area contributed by atoms with E-state index in [4.69, 9.17) is 4.74 Å². The lowest BCUT2D eigenvalue weighted by Gasteiger charge is -2.49. The van der Waals surface area contributed by atoms with Gasteiger partial charge in [-0.15, -0.1) is 13.2 Å². The fourth-order valence-electron chi connectivity index (χ4n) is 9.32. The minimum Gasteiger partial charge on any atom is -0.381 e. The molecule has 4 heterocycles. The summed E-state index contributed by atoms with van der Waals surface area (Å²) in [7, 11) is 0. The number of alkyl halides is 3. The van der Waals surface area contributed by atoms with Crippen molar-refractivity contribution in [3.05, 3.63) is 35.9 Å². The van der Waals surface area contributed by atoms with Crippen LogP contribution in [0.25, 0.3) is 0 Å². The number of amides is 3. The Bertz CT molecular complexity index is 1170. The van der Waals surface area contributed by atoms with Crippen molar-refractivity contribution < 1.29 is 32.2 Å². The normalized spacial score (nSPS) is 31.7. The lowest BCUT2D eigenvalue weighted by molar-refractivity contribution is -0.345. The predicted octanol–water partition coefficient (Wildman–Crippen LogP) is 6.27. The number of nitrogens with one attached hydrogen (secondary N) is 1. The molecule has 4 aliphatic heterocycles. The molecule has 1 aliphatic carbocycles. The third kappa shape index (κ3) is 7.51. The van der Waals surface area contributed by atoms with Gasteiger partial charge >= 0.3 is 12.4 Å². The number of rotatable bonds is 10. The van der Waals surface area contributed by atoms with Gasteiger partial charge in [0, 0.05) is 56.9 Å². The first-order valence-electron chi connectivity index (χ1n) is 17.5. The molecule has 46 heavy (non-hydrogen) atoms. The minimum atomic E-state index is -4.64. The fraction of sp³-hybridized carbons (Fsp3) is 0.771. The molecule has 5 fully saturated rings. The van der Waals surface area contributed by atoms with Gasteiger partial charge in [0.05, 0.1) is 17.7 Å². The molecule has 2 bridgehead atoms. The number of urea groups is 1. The van der Waals surface area contributed by atoms with Crippen LogP contribution in [0.3, 0.4) is 0 Å². The Morgan fingerprint density at radius 2 is 1.65 bits per heavy atom. The Balaban J connectivity index is 1.09. The van der Waals surface area contributed by atoms with Crippen LogP contribution in [0.1, 0.15) is 96.1 Å². The SMILES string of the molecule is CC(C)N1C(=O)N(CC2CCOCC2)CC12CC1CCC(C2)N1CC[C@H](NC(=O)[C@H]1CC[C@H](OC(F)(F)F)CC1)c1ccccc1. The predicted molar refractivity (Wildman–Crippen MR) is 168 cm³/mol. The number of ether oxygens (including phenoxy) is 2. The number of nitrogens with zero attached hydrogens (tertiary/aromatic N) is 3. The van der Waals surface area contributed by atoms with Gasteiger partial charge in [-0.05, 0) is 96.0 Å². The first-order valence-corrected chi connectivity index (χ1v) is 17.5. The van der Waals surface area contributed by atoms with Crippen molar-refractivity contribution in [2.24, 2.45) is 11.8 Å². The van der Waals surface area contributed by atoms with Gasteiger partial charge in [-0.1, -0.05) is 30.3 Å². The average Bonchev–Trinajstić information content (AvgIpc) is 3.43. The molecule has 6 rings (SSSR count). The molecule has 11 heteroatoms. The Morgan fingerprint density at radius 3 is 2.26 bits per heavy atom. The molecule has 5 aliphatic rings. The molecule has 3 amide bonds. The van der Waals surface area contributed by atoms with Crippen LogP contribution in [0, 0.1) is 11.8 Å². The highest BCUT2D eigenvalue weighted by atomic mass is 19.4. The van der Waals surface area contributed by atoms with Crippen LogP contribution in [0.4, 0.5) is 18.0 Å². The van der Waals surface area contributed by atoms with Crippen molar-refractivity contribution in [1.29, 1.82) is 0 Å². The third-order valence-electron chi connectivity index (χ3n) is 11.4. The quantitative estimate of drug-likeness (QED) is 0.324. The van der Waals surface area contributed by atoms with Crippen LogP contribution >= 0.6 is 0 Å². The molecule has 1 aromatic carbocycles. The number of hydrogen-bond acceptors (Lipinski definition) is 5. The number of carbonyl (C=O) groups excluding carboxylic acids is 2. The fourth-order valence-corrected chi connectivity index (χ4v) is 9.32. The zero-order valence-electron chi connectivity index (χ0n) is 27.4. The first kappa shape index (κ1) is 33.5. The van der Waals surface area contributed by atoms with E-state index < -0.39 is 12.5 Å². The van der Waals surface area contributed by atoms with E-state index in [0.717, 1.165) is 83.4 Å². The lowest BCUT2D eigenvalue weighted by atomic mass is 9.81. The maximum atomic E-state index is 13.8. The molecule has 4 saturated heterocycles. The molecule has 1 N–H and O–H groups in total. The van der Waals surface area contributed by atoms with Gasteiger partial charge in [-0.3, -0.25) is 14.4 Å². The molecule has 256 valence electrons. The van der Waals surface area contributed by atoms with Crippen molar-refractivity contribution in [3.8, 4) is 0 Å². The molecule has 1 aromatic rings. The molecule has 8 nitrogen and oxygen atoms in total. The molecule has 1 spiro atoms. The van der Waals surface area contributed by atoms with Crippen LogP contribution in [0.5, 0.6) is 0 Å². The van der Waals surface area contributed by atoms with Gasteiger partial charge in [-0.25, -0.2) is 4.79 Å². The molecule has 0 radical (unpaired) electrons. The Kier molecular flexibility index (Phi) is 10.2. The van der Waals surface area contributed by atoms with Crippen molar-refractivity contribution in [3.63, 3.8) is 0 Å². The number of halogens is 3. The van der Waals surface area contributed by atoms with Gasteiger partial charge < -0.3 is 19.9 Å². The summed E-state index contributed by atoms with van der Waals surface area (Å²) in [5.74, 6) is 0.116. The van der Waals surface area contributed by atoms with Crippen molar-refractivity contribution in [2.45, 2.75) is 127 Å². The highest BCUT2D eigenvalue weighted by Gasteiger charge is 2.57. The third-order valence-corrected chi connectivity index (χ3v) is 11.4. The molecular weight excluding hydrogens is 597 g/mol. The van der Waals surface area contributed by atoms with Crippen LogP contribution < -0.4 is 5.32 Å². The summed E-state index contributed by atoms with van der Waals surface area (Å²) < 4.78 is 47.8. The van der Waals surface area contributed by atoms with Crippen LogP contribution in [0.2, 0.25) is 0 Å². The minimum absolute atomic E-state index is 0.0819. The topological polar surface area (TPSA) is 74.4 Å². The average molecular weight is 649 g/mol. The molecule has 1 saturated carbocycles. The number of hydrogen-bond donors (Lipinski definition) is 1. The maximum absolute atomic E-state index is 13.8. The number of benzene rings is 1. The van der Waals surface area contributed by atoms with Gasteiger partial charge in [0.15, 0.2) is 0 Å². The van der Waals surface area contributed by atoms with Gasteiger partial charge in [0.25, 0.3) is 0 Å². The monoisotopic (exact) mass is 648 g/mol. The molecule has 0 aromatic heterocycles. The Hall–Kier alpha value is -2.37. The summed E-state index contributed by atoms with van der Waals surface area (Å²) in [6.45, 7) is 8.34. The highest BCUT2D eigenvalue weighted by Crippen LogP contribution is 2.48. The first-order chi connectivity index (χ1) is 22.0. The molecule has 3 atom stereocenters. The van der Waals surface area contributed by atoms with E-state index in [-0.39, 0.29) is 48.3 Å². The lowest BCUT2D eigenvalue weighted by Crippen LogP contribution is -2.60. The molecular formula is C35H51F3N4O4. The van der Waals surface area contributed by atoms with Crippen molar-refractivity contribution in [2.75, 3.05) is 32.8 Å².